The van der Waals surface area contributed by atoms with E-state index in [-0.39, 0.29) is 5.82 Å². The summed E-state index contributed by atoms with van der Waals surface area (Å²) in [4.78, 5) is 2.38. The molecule has 2 aromatic rings. The predicted molar refractivity (Wildman–Crippen MR) is 73.7 cm³/mol. The van der Waals surface area contributed by atoms with Gasteiger partial charge in [-0.1, -0.05) is 11.8 Å². The average molecular weight is 281 g/mol. The maximum atomic E-state index is 13.1. The van der Waals surface area contributed by atoms with Crippen LogP contribution in [0.4, 0.5) is 10.1 Å². The van der Waals surface area contributed by atoms with E-state index in [0.29, 0.717) is 10.6 Å². The molecule has 1 unspecified atom stereocenters. The molecule has 0 saturated carbocycles. The zero-order valence-electron chi connectivity index (χ0n) is 9.72. The minimum Gasteiger partial charge on any atom is -0.612 e. The first-order chi connectivity index (χ1) is 8.56. The molecule has 0 spiro atoms. The third-order valence-electron chi connectivity index (χ3n) is 2.36. The fourth-order valence-corrected chi connectivity index (χ4v) is 2.83. The van der Waals surface area contributed by atoms with Gasteiger partial charge in [0.1, 0.15) is 12.1 Å². The van der Waals surface area contributed by atoms with E-state index < -0.39 is 11.2 Å². The highest BCUT2D eigenvalue weighted by Crippen LogP contribution is 2.32. The van der Waals surface area contributed by atoms with Crippen molar-refractivity contribution in [3.05, 3.63) is 48.3 Å². The molecule has 0 aromatic heterocycles. The molecule has 2 nitrogen and oxygen atoms in total. The second kappa shape index (κ2) is 5.65. The Morgan fingerprint density at radius 2 is 1.83 bits per heavy atom. The zero-order chi connectivity index (χ0) is 13.1. The summed E-state index contributed by atoms with van der Waals surface area (Å²) in [5.41, 5.74) is 6.33. The summed E-state index contributed by atoms with van der Waals surface area (Å²) >= 11 is 0.399. The first-order valence-corrected chi connectivity index (χ1v) is 7.60. The van der Waals surface area contributed by atoms with E-state index in [1.54, 1.807) is 24.5 Å². The number of nitrogens with two attached hydrogens (primary N) is 1. The maximum absolute atomic E-state index is 13.1. The van der Waals surface area contributed by atoms with Gasteiger partial charge in [0, 0.05) is 15.5 Å². The molecule has 2 aromatic carbocycles. The largest absolute Gasteiger partial charge is 0.612 e. The van der Waals surface area contributed by atoms with E-state index in [2.05, 4.69) is 0 Å². The topological polar surface area (TPSA) is 49.1 Å². The van der Waals surface area contributed by atoms with Crippen LogP contribution in [-0.4, -0.2) is 10.8 Å². The highest BCUT2D eigenvalue weighted by atomic mass is 32.2. The van der Waals surface area contributed by atoms with Crippen molar-refractivity contribution >= 4 is 28.6 Å². The maximum Gasteiger partial charge on any atom is 0.152 e. The van der Waals surface area contributed by atoms with E-state index in [0.717, 1.165) is 9.79 Å². The van der Waals surface area contributed by atoms with Crippen LogP contribution < -0.4 is 5.73 Å². The molecule has 18 heavy (non-hydrogen) atoms. The van der Waals surface area contributed by atoms with Gasteiger partial charge in [-0.25, -0.2) is 4.39 Å². The molecule has 0 aliphatic heterocycles. The van der Waals surface area contributed by atoms with Gasteiger partial charge in [-0.05, 0) is 53.6 Å². The van der Waals surface area contributed by atoms with E-state index in [1.165, 1.54) is 23.9 Å². The van der Waals surface area contributed by atoms with Crippen LogP contribution in [0, 0.1) is 5.82 Å². The van der Waals surface area contributed by atoms with Crippen LogP contribution in [0.25, 0.3) is 0 Å². The second-order valence-electron chi connectivity index (χ2n) is 3.71. The molecule has 0 heterocycles. The standard InChI is InChI=1S/C13H12FNOS2/c1-18(16)11-5-3-10(4-6-11)17-13-8-9(14)2-7-12(13)15/h2-8H,15H2,1H3. The summed E-state index contributed by atoms with van der Waals surface area (Å²) in [6, 6.07) is 11.6. The smallest absolute Gasteiger partial charge is 0.152 e. The minimum absolute atomic E-state index is 0.307. The summed E-state index contributed by atoms with van der Waals surface area (Å²) in [6.07, 6.45) is 1.63. The van der Waals surface area contributed by atoms with Gasteiger partial charge >= 0.3 is 0 Å². The number of anilines is 1. The van der Waals surface area contributed by atoms with Crippen LogP contribution in [0.15, 0.2) is 57.2 Å². The van der Waals surface area contributed by atoms with Crippen LogP contribution in [0.2, 0.25) is 0 Å². The number of hydrogen-bond donors (Lipinski definition) is 1. The summed E-state index contributed by atoms with van der Waals surface area (Å²) in [5, 5.41) is 0. The Hall–Kier alpha value is -1.17. The molecular formula is C13H12FNOS2. The number of rotatable bonds is 3. The van der Waals surface area contributed by atoms with E-state index in [9.17, 15) is 8.94 Å². The number of benzene rings is 2. The Labute approximate surface area is 113 Å². The van der Waals surface area contributed by atoms with Crippen LogP contribution in [0.5, 0.6) is 0 Å². The van der Waals surface area contributed by atoms with E-state index in [4.69, 9.17) is 5.73 Å². The SMILES string of the molecule is C[S+]([O-])c1ccc(Sc2cc(F)ccc2N)cc1. The summed E-state index contributed by atoms with van der Waals surface area (Å²) in [6.45, 7) is 0. The van der Waals surface area contributed by atoms with Gasteiger partial charge in [-0.15, -0.1) is 0 Å². The first kappa shape index (κ1) is 13.3. The highest BCUT2D eigenvalue weighted by molar-refractivity contribution is 7.99. The number of halogens is 1. The molecule has 2 rings (SSSR count). The van der Waals surface area contributed by atoms with Gasteiger partial charge in [0.05, 0.1) is 0 Å². The Kier molecular flexibility index (Phi) is 4.16. The Morgan fingerprint density at radius 3 is 2.44 bits per heavy atom. The van der Waals surface area contributed by atoms with Gasteiger partial charge in [0.2, 0.25) is 0 Å². The Morgan fingerprint density at radius 1 is 1.17 bits per heavy atom. The molecule has 0 amide bonds. The predicted octanol–water partition coefficient (Wildman–Crippen LogP) is 3.30. The number of nitrogen functional groups attached to an aromatic ring is 1. The second-order valence-corrected chi connectivity index (χ2v) is 6.20. The molecule has 0 radical (unpaired) electrons. The van der Waals surface area contributed by atoms with Crippen molar-refractivity contribution in [3.63, 3.8) is 0 Å². The van der Waals surface area contributed by atoms with Crippen LogP contribution in [0.3, 0.4) is 0 Å². The molecule has 94 valence electrons. The van der Waals surface area contributed by atoms with Crippen molar-refractivity contribution in [2.75, 3.05) is 12.0 Å². The molecule has 5 heteroatoms. The lowest BCUT2D eigenvalue weighted by molar-refractivity contribution is 0.600. The third-order valence-corrected chi connectivity index (χ3v) is 4.38. The quantitative estimate of drug-likeness (QED) is 0.693. The molecule has 0 saturated heterocycles. The molecule has 0 bridgehead atoms. The highest BCUT2D eigenvalue weighted by Gasteiger charge is 2.06. The van der Waals surface area contributed by atoms with Crippen LogP contribution >= 0.6 is 11.8 Å². The van der Waals surface area contributed by atoms with Crippen molar-refractivity contribution in [2.24, 2.45) is 0 Å². The van der Waals surface area contributed by atoms with Crippen molar-refractivity contribution in [3.8, 4) is 0 Å². The van der Waals surface area contributed by atoms with Gasteiger partial charge < -0.3 is 10.3 Å². The molecule has 0 aliphatic rings. The summed E-state index contributed by atoms with van der Waals surface area (Å²) in [5.74, 6) is -0.307. The Bertz CT molecular complexity index is 543. The average Bonchev–Trinajstić information content (AvgIpc) is 2.34. The van der Waals surface area contributed by atoms with Gasteiger partial charge in [-0.3, -0.25) is 0 Å². The van der Waals surface area contributed by atoms with Crippen molar-refractivity contribution in [1.29, 1.82) is 0 Å². The first-order valence-electron chi connectivity index (χ1n) is 5.22. The van der Waals surface area contributed by atoms with Gasteiger partial charge in [0.15, 0.2) is 4.90 Å². The fourth-order valence-electron chi connectivity index (χ4n) is 1.42. The summed E-state index contributed by atoms with van der Waals surface area (Å²) in [7, 11) is 0. The molecular weight excluding hydrogens is 269 g/mol. The minimum atomic E-state index is -0.986. The number of hydrogen-bond acceptors (Lipinski definition) is 3. The molecule has 0 aliphatic carbocycles. The molecule has 1 atom stereocenters. The van der Waals surface area contributed by atoms with E-state index in [1.807, 2.05) is 12.1 Å². The van der Waals surface area contributed by atoms with E-state index >= 15 is 0 Å². The lowest BCUT2D eigenvalue weighted by Crippen LogP contribution is -1.96. The lowest BCUT2D eigenvalue weighted by Gasteiger charge is -2.07. The fraction of sp³-hybridized carbons (Fsp3) is 0.0769. The van der Waals surface area contributed by atoms with Crippen molar-refractivity contribution < 1.29 is 8.94 Å². The van der Waals surface area contributed by atoms with Gasteiger partial charge in [-0.2, -0.15) is 0 Å². The molecule has 0 fully saturated rings. The monoisotopic (exact) mass is 281 g/mol. The van der Waals surface area contributed by atoms with Gasteiger partial charge in [0.25, 0.3) is 0 Å². The van der Waals surface area contributed by atoms with Crippen LogP contribution in [0.1, 0.15) is 0 Å². The zero-order valence-corrected chi connectivity index (χ0v) is 11.4. The van der Waals surface area contributed by atoms with Crippen molar-refractivity contribution in [2.45, 2.75) is 14.7 Å². The molecule has 2 N–H and O–H groups in total. The normalized spacial score (nSPS) is 12.4. The summed E-state index contributed by atoms with van der Waals surface area (Å²) < 4.78 is 24.4. The van der Waals surface area contributed by atoms with Crippen LogP contribution in [-0.2, 0) is 11.2 Å². The lowest BCUT2D eigenvalue weighted by atomic mass is 10.3. The Balaban J connectivity index is 2.21. The van der Waals surface area contributed by atoms with Crippen molar-refractivity contribution in [1.82, 2.24) is 0 Å². The third kappa shape index (κ3) is 3.19.